The molecule has 0 aromatic heterocycles. The molecule has 0 aliphatic carbocycles. The van der Waals surface area contributed by atoms with Gasteiger partial charge in [0, 0.05) is 11.3 Å². The summed E-state index contributed by atoms with van der Waals surface area (Å²) in [5.41, 5.74) is 1.93. The first-order chi connectivity index (χ1) is 9.08. The second-order valence-electron chi connectivity index (χ2n) is 4.09. The van der Waals surface area contributed by atoms with Crippen molar-refractivity contribution in [2.24, 2.45) is 0 Å². The monoisotopic (exact) mass is 256 g/mol. The number of hydrogen-bond donors (Lipinski definition) is 1. The van der Waals surface area contributed by atoms with Gasteiger partial charge in [-0.05, 0) is 26.0 Å². The summed E-state index contributed by atoms with van der Waals surface area (Å²) in [7, 11) is 0. The first-order valence-electron chi connectivity index (χ1n) is 5.82. The first kappa shape index (κ1) is 12.8. The molecule has 96 valence electrons. The smallest absolute Gasteiger partial charge is 0.349 e. The van der Waals surface area contributed by atoms with Crippen LogP contribution in [-0.2, 0) is 14.3 Å². The maximum Gasteiger partial charge on any atom is 0.349 e. The summed E-state index contributed by atoms with van der Waals surface area (Å²) >= 11 is 0. The predicted octanol–water partition coefficient (Wildman–Crippen LogP) is 1.79. The summed E-state index contributed by atoms with van der Waals surface area (Å²) < 4.78 is 4.80. The van der Waals surface area contributed by atoms with E-state index in [2.05, 4.69) is 5.32 Å². The highest BCUT2D eigenvalue weighted by molar-refractivity contribution is 6.35. The summed E-state index contributed by atoms with van der Waals surface area (Å²) in [6, 6.07) is 7.12. The van der Waals surface area contributed by atoms with Crippen molar-refractivity contribution in [2.75, 3.05) is 11.9 Å². The summed E-state index contributed by atoms with van der Waals surface area (Å²) in [6.45, 7) is 3.67. The molecule has 0 bridgehead atoms. The Morgan fingerprint density at radius 1 is 1.47 bits per heavy atom. The van der Waals surface area contributed by atoms with E-state index in [1.807, 2.05) is 13.0 Å². The molecule has 0 radical (unpaired) electrons. The number of carbonyl (C=O) groups is 2. The standard InChI is InChI=1S/C14H12N2O3/c1-3-19-14(18)10(7-15)12-9-6-8(2)4-5-11(9)16-13(12)17/h4-6H,3H2,1-2H3,(H,16,17)/b12-10-. The Balaban J connectivity index is 2.62. The van der Waals surface area contributed by atoms with Crippen molar-refractivity contribution in [1.29, 1.82) is 5.26 Å². The van der Waals surface area contributed by atoms with Crippen LogP contribution in [0, 0.1) is 18.3 Å². The van der Waals surface area contributed by atoms with Crippen molar-refractivity contribution in [3.05, 3.63) is 34.9 Å². The van der Waals surface area contributed by atoms with Crippen molar-refractivity contribution >= 4 is 23.1 Å². The van der Waals surface area contributed by atoms with Gasteiger partial charge in [0.2, 0.25) is 0 Å². The zero-order valence-electron chi connectivity index (χ0n) is 10.6. The van der Waals surface area contributed by atoms with Crippen LogP contribution in [0.2, 0.25) is 0 Å². The Labute approximate surface area is 110 Å². The van der Waals surface area contributed by atoms with Crippen LogP contribution in [0.25, 0.3) is 5.57 Å². The van der Waals surface area contributed by atoms with Crippen LogP contribution in [-0.4, -0.2) is 18.5 Å². The van der Waals surface area contributed by atoms with Crippen molar-refractivity contribution in [3.63, 3.8) is 0 Å². The number of amides is 1. The molecule has 0 fully saturated rings. The Bertz CT molecular complexity index is 639. The van der Waals surface area contributed by atoms with Crippen LogP contribution in [0.15, 0.2) is 23.8 Å². The molecule has 1 aliphatic heterocycles. The molecule has 0 saturated heterocycles. The normalized spacial score (nSPS) is 15.3. The lowest BCUT2D eigenvalue weighted by Crippen LogP contribution is -2.13. The molecule has 5 nitrogen and oxygen atoms in total. The molecule has 19 heavy (non-hydrogen) atoms. The largest absolute Gasteiger partial charge is 0.462 e. The molecule has 1 aromatic carbocycles. The van der Waals surface area contributed by atoms with Gasteiger partial charge in [-0.3, -0.25) is 4.79 Å². The Kier molecular flexibility index (Phi) is 3.34. The third-order valence-electron chi connectivity index (χ3n) is 2.76. The number of nitrogens with one attached hydrogen (secondary N) is 1. The SMILES string of the molecule is CCOC(=O)/C(C#N)=C1\C(=O)Nc2ccc(C)cc21. The number of carbonyl (C=O) groups excluding carboxylic acids is 2. The summed E-state index contributed by atoms with van der Waals surface area (Å²) in [4.78, 5) is 23.6. The molecule has 1 aliphatic rings. The topological polar surface area (TPSA) is 79.2 Å². The predicted molar refractivity (Wildman–Crippen MR) is 69.0 cm³/mol. The molecule has 0 saturated carbocycles. The van der Waals surface area contributed by atoms with Gasteiger partial charge in [-0.2, -0.15) is 5.26 Å². The van der Waals surface area contributed by atoms with Crippen LogP contribution in [0.3, 0.4) is 0 Å². The molecule has 1 amide bonds. The third kappa shape index (κ3) is 2.20. The molecule has 1 aromatic rings. The molecule has 0 atom stereocenters. The van der Waals surface area contributed by atoms with Crippen LogP contribution < -0.4 is 5.32 Å². The fourth-order valence-electron chi connectivity index (χ4n) is 1.94. The van der Waals surface area contributed by atoms with Crippen LogP contribution in [0.5, 0.6) is 0 Å². The van der Waals surface area contributed by atoms with Crippen LogP contribution >= 0.6 is 0 Å². The van der Waals surface area contributed by atoms with Gasteiger partial charge in [-0.15, -0.1) is 0 Å². The van der Waals surface area contributed by atoms with E-state index in [4.69, 9.17) is 10.00 Å². The number of nitriles is 1. The maximum absolute atomic E-state index is 11.9. The quantitative estimate of drug-likeness (QED) is 0.497. The average molecular weight is 256 g/mol. The highest BCUT2D eigenvalue weighted by Crippen LogP contribution is 2.34. The minimum atomic E-state index is -0.774. The highest BCUT2D eigenvalue weighted by Gasteiger charge is 2.30. The number of benzene rings is 1. The van der Waals surface area contributed by atoms with Gasteiger partial charge < -0.3 is 10.1 Å². The number of esters is 1. The lowest BCUT2D eigenvalue weighted by atomic mass is 10.00. The lowest BCUT2D eigenvalue weighted by Gasteiger charge is -2.03. The fourth-order valence-corrected chi connectivity index (χ4v) is 1.94. The molecule has 0 spiro atoms. The number of ether oxygens (including phenoxy) is 1. The van der Waals surface area contributed by atoms with E-state index in [1.165, 1.54) is 0 Å². The molecule has 0 unspecified atom stereocenters. The summed E-state index contributed by atoms with van der Waals surface area (Å²) in [5, 5.41) is 11.7. The number of hydrogen-bond acceptors (Lipinski definition) is 4. The number of aryl methyl sites for hydroxylation is 1. The van der Waals surface area contributed by atoms with Gasteiger partial charge in [0.1, 0.15) is 6.07 Å². The third-order valence-corrected chi connectivity index (χ3v) is 2.76. The van der Waals surface area contributed by atoms with Crippen LogP contribution in [0.4, 0.5) is 5.69 Å². The Hall–Kier alpha value is -2.61. The number of rotatable bonds is 2. The van der Waals surface area contributed by atoms with E-state index in [0.717, 1.165) is 5.56 Å². The molecule has 1 heterocycles. The van der Waals surface area contributed by atoms with Gasteiger partial charge in [0.15, 0.2) is 5.57 Å². The maximum atomic E-state index is 11.9. The van der Waals surface area contributed by atoms with E-state index in [-0.39, 0.29) is 17.8 Å². The molecular weight excluding hydrogens is 244 g/mol. The zero-order chi connectivity index (χ0) is 14.0. The van der Waals surface area contributed by atoms with Crippen molar-refractivity contribution in [3.8, 4) is 6.07 Å². The molecule has 5 heteroatoms. The lowest BCUT2D eigenvalue weighted by molar-refractivity contribution is -0.138. The van der Waals surface area contributed by atoms with Crippen molar-refractivity contribution < 1.29 is 14.3 Å². The minimum Gasteiger partial charge on any atom is -0.462 e. The molecule has 2 rings (SSSR count). The van der Waals surface area contributed by atoms with Gasteiger partial charge in [0.05, 0.1) is 12.2 Å². The average Bonchev–Trinajstić information content (AvgIpc) is 2.68. The number of anilines is 1. The second kappa shape index (κ2) is 4.94. The summed E-state index contributed by atoms with van der Waals surface area (Å²) in [5.74, 6) is -1.23. The van der Waals surface area contributed by atoms with Gasteiger partial charge in [0.25, 0.3) is 5.91 Å². The Morgan fingerprint density at radius 3 is 2.84 bits per heavy atom. The van der Waals surface area contributed by atoms with Crippen molar-refractivity contribution in [1.82, 2.24) is 0 Å². The molecular formula is C14H12N2O3. The van der Waals surface area contributed by atoms with Gasteiger partial charge in [-0.25, -0.2) is 4.79 Å². The Morgan fingerprint density at radius 2 is 2.21 bits per heavy atom. The van der Waals surface area contributed by atoms with E-state index in [0.29, 0.717) is 11.3 Å². The summed E-state index contributed by atoms with van der Waals surface area (Å²) in [6.07, 6.45) is 0. The fraction of sp³-hybridized carbons (Fsp3) is 0.214. The highest BCUT2D eigenvalue weighted by atomic mass is 16.5. The van der Waals surface area contributed by atoms with Crippen LogP contribution in [0.1, 0.15) is 18.1 Å². The van der Waals surface area contributed by atoms with E-state index < -0.39 is 11.9 Å². The first-order valence-corrected chi connectivity index (χ1v) is 5.82. The number of nitrogens with zero attached hydrogens (tertiary/aromatic N) is 1. The van der Waals surface area contributed by atoms with E-state index >= 15 is 0 Å². The van der Waals surface area contributed by atoms with E-state index in [9.17, 15) is 9.59 Å². The van der Waals surface area contributed by atoms with Gasteiger partial charge in [-0.1, -0.05) is 11.6 Å². The van der Waals surface area contributed by atoms with E-state index in [1.54, 1.807) is 25.1 Å². The number of fused-ring (bicyclic) bond motifs is 1. The molecule has 1 N–H and O–H groups in total. The zero-order valence-corrected chi connectivity index (χ0v) is 10.6. The van der Waals surface area contributed by atoms with Crippen molar-refractivity contribution in [2.45, 2.75) is 13.8 Å². The minimum absolute atomic E-state index is 0.0830. The second-order valence-corrected chi connectivity index (χ2v) is 4.09. The van der Waals surface area contributed by atoms with Gasteiger partial charge >= 0.3 is 5.97 Å².